The van der Waals surface area contributed by atoms with Crippen molar-refractivity contribution in [1.29, 1.82) is 0 Å². The molecule has 0 aliphatic carbocycles. The summed E-state index contributed by atoms with van der Waals surface area (Å²) in [5, 5.41) is 0. The molecule has 0 radical (unpaired) electrons. The lowest BCUT2D eigenvalue weighted by atomic mass is 10.8. The Morgan fingerprint density at radius 1 is 1.67 bits per heavy atom. The molecular formula is C3H5FO2. The number of rotatable bonds is 0. The van der Waals surface area contributed by atoms with E-state index in [1.54, 1.807) is 0 Å². The molecule has 1 saturated heterocycles. The molecule has 1 rings (SSSR count). The highest BCUT2D eigenvalue weighted by atomic mass is 19.1. The minimum absolute atomic E-state index is 0.0972. The summed E-state index contributed by atoms with van der Waals surface area (Å²) in [6.45, 7) is 0.209. The van der Waals surface area contributed by atoms with Gasteiger partial charge in [-0.3, -0.25) is 0 Å². The number of halogens is 1. The lowest BCUT2D eigenvalue weighted by Crippen LogP contribution is -1.97. The van der Waals surface area contributed by atoms with Gasteiger partial charge in [-0.05, 0) is 0 Å². The van der Waals surface area contributed by atoms with Crippen molar-refractivity contribution in [3.63, 3.8) is 0 Å². The Kier molecular flexibility index (Phi) is 1.03. The van der Waals surface area contributed by atoms with Crippen molar-refractivity contribution < 1.29 is 13.9 Å². The lowest BCUT2D eigenvalue weighted by Gasteiger charge is -1.86. The third kappa shape index (κ3) is 0.666. The van der Waals surface area contributed by atoms with E-state index in [-0.39, 0.29) is 13.4 Å². The van der Waals surface area contributed by atoms with Crippen LogP contribution in [0, 0.1) is 0 Å². The number of ether oxygens (including phenoxy) is 2. The van der Waals surface area contributed by atoms with E-state index in [1.807, 2.05) is 0 Å². The van der Waals surface area contributed by atoms with Crippen molar-refractivity contribution in [2.75, 3.05) is 13.4 Å². The molecule has 36 valence electrons. The minimum atomic E-state index is -1.18. The molecule has 0 N–H and O–H groups in total. The molecule has 0 unspecified atom stereocenters. The van der Waals surface area contributed by atoms with Gasteiger partial charge in [0.25, 0.3) is 0 Å². The SMILES string of the molecule is F[C@H]1COCO1. The van der Waals surface area contributed by atoms with Crippen molar-refractivity contribution in [2.45, 2.75) is 6.36 Å². The van der Waals surface area contributed by atoms with Gasteiger partial charge < -0.3 is 9.47 Å². The summed E-state index contributed by atoms with van der Waals surface area (Å²) in [5.74, 6) is 0. The van der Waals surface area contributed by atoms with Crippen molar-refractivity contribution in [2.24, 2.45) is 0 Å². The number of hydrogen-bond donors (Lipinski definition) is 0. The first kappa shape index (κ1) is 4.02. The van der Waals surface area contributed by atoms with Gasteiger partial charge in [-0.25, -0.2) is 4.39 Å². The van der Waals surface area contributed by atoms with E-state index >= 15 is 0 Å². The van der Waals surface area contributed by atoms with E-state index in [4.69, 9.17) is 0 Å². The van der Waals surface area contributed by atoms with Crippen molar-refractivity contribution in [3.8, 4) is 0 Å². The third-order valence-corrected chi connectivity index (χ3v) is 0.581. The second-order valence-corrected chi connectivity index (χ2v) is 1.07. The smallest absolute Gasteiger partial charge is 0.224 e. The summed E-state index contributed by atoms with van der Waals surface area (Å²) in [6, 6.07) is 0. The van der Waals surface area contributed by atoms with Crippen molar-refractivity contribution in [1.82, 2.24) is 0 Å². The highest BCUT2D eigenvalue weighted by Crippen LogP contribution is 2.01. The van der Waals surface area contributed by atoms with Crippen LogP contribution >= 0.6 is 0 Å². The second kappa shape index (κ2) is 1.53. The predicted octanol–water partition coefficient (Wildman–Crippen LogP) is 0.286. The second-order valence-electron chi connectivity index (χ2n) is 1.07. The number of alkyl halides is 1. The van der Waals surface area contributed by atoms with E-state index in [2.05, 4.69) is 9.47 Å². The molecule has 1 aliphatic rings. The molecule has 0 saturated carbocycles. The van der Waals surface area contributed by atoms with E-state index in [0.29, 0.717) is 0 Å². The summed E-state index contributed by atoms with van der Waals surface area (Å²) < 4.78 is 20.3. The van der Waals surface area contributed by atoms with Gasteiger partial charge in [0.05, 0.1) is 0 Å². The van der Waals surface area contributed by atoms with E-state index in [1.165, 1.54) is 0 Å². The zero-order valence-corrected chi connectivity index (χ0v) is 3.19. The molecule has 1 fully saturated rings. The van der Waals surface area contributed by atoms with Gasteiger partial charge in [0, 0.05) is 0 Å². The molecule has 1 aliphatic heterocycles. The summed E-state index contributed by atoms with van der Waals surface area (Å²) in [7, 11) is 0. The standard InChI is InChI=1S/C3H5FO2/c4-3-1-5-2-6-3/h3H,1-2H2/t3-/m1/s1. The summed E-state index contributed by atoms with van der Waals surface area (Å²) in [4.78, 5) is 0. The Balaban J connectivity index is 2.18. The fourth-order valence-electron chi connectivity index (χ4n) is 0.311. The van der Waals surface area contributed by atoms with Gasteiger partial charge in [-0.2, -0.15) is 0 Å². The highest BCUT2D eigenvalue weighted by molar-refractivity contribution is 4.39. The largest absolute Gasteiger partial charge is 0.350 e. The summed E-state index contributed by atoms with van der Waals surface area (Å²) in [6.07, 6.45) is -1.18. The molecule has 0 aromatic carbocycles. The van der Waals surface area contributed by atoms with Crippen molar-refractivity contribution in [3.05, 3.63) is 0 Å². The molecule has 6 heavy (non-hydrogen) atoms. The summed E-state index contributed by atoms with van der Waals surface area (Å²) in [5.41, 5.74) is 0. The van der Waals surface area contributed by atoms with Gasteiger partial charge >= 0.3 is 0 Å². The van der Waals surface area contributed by atoms with Crippen molar-refractivity contribution >= 4 is 0 Å². The lowest BCUT2D eigenvalue weighted by molar-refractivity contribution is -0.00403. The molecule has 0 amide bonds. The van der Waals surface area contributed by atoms with Crippen LogP contribution in [-0.2, 0) is 9.47 Å². The maximum atomic E-state index is 11.6. The fraction of sp³-hybridized carbons (Fsp3) is 1.00. The average molecular weight is 92.1 g/mol. The molecule has 3 heteroatoms. The summed E-state index contributed by atoms with van der Waals surface area (Å²) >= 11 is 0. The maximum Gasteiger partial charge on any atom is 0.224 e. The normalized spacial score (nSPS) is 34.5. The predicted molar refractivity (Wildman–Crippen MR) is 16.8 cm³/mol. The zero-order chi connectivity index (χ0) is 4.41. The van der Waals surface area contributed by atoms with Crippen LogP contribution in [0.1, 0.15) is 0 Å². The van der Waals surface area contributed by atoms with E-state index in [0.717, 1.165) is 0 Å². The monoisotopic (exact) mass is 92.0 g/mol. The molecule has 0 aromatic rings. The molecule has 1 heterocycles. The quantitative estimate of drug-likeness (QED) is 0.427. The first-order valence-corrected chi connectivity index (χ1v) is 1.73. The van der Waals surface area contributed by atoms with Crippen LogP contribution in [0.15, 0.2) is 0 Å². The minimum Gasteiger partial charge on any atom is -0.350 e. The Bertz CT molecular complexity index is 42.1. The Morgan fingerprint density at radius 2 is 2.50 bits per heavy atom. The van der Waals surface area contributed by atoms with Crippen LogP contribution < -0.4 is 0 Å². The molecule has 0 aromatic heterocycles. The van der Waals surface area contributed by atoms with Gasteiger partial charge in [0.2, 0.25) is 6.36 Å². The van der Waals surface area contributed by atoms with Gasteiger partial charge in [-0.15, -0.1) is 0 Å². The molecule has 1 atom stereocenters. The van der Waals surface area contributed by atoms with Crippen LogP contribution in [0.2, 0.25) is 0 Å². The molecular weight excluding hydrogens is 87.0 g/mol. The van der Waals surface area contributed by atoms with Crippen LogP contribution in [0.3, 0.4) is 0 Å². The van der Waals surface area contributed by atoms with Crippen LogP contribution in [0.25, 0.3) is 0 Å². The van der Waals surface area contributed by atoms with E-state index in [9.17, 15) is 4.39 Å². The molecule has 2 nitrogen and oxygen atoms in total. The molecule has 0 spiro atoms. The third-order valence-electron chi connectivity index (χ3n) is 0.581. The highest BCUT2D eigenvalue weighted by Gasteiger charge is 2.12. The zero-order valence-electron chi connectivity index (χ0n) is 3.19. The Hall–Kier alpha value is -0.150. The van der Waals surface area contributed by atoms with E-state index < -0.39 is 6.36 Å². The van der Waals surface area contributed by atoms with Crippen LogP contribution in [0.5, 0.6) is 0 Å². The van der Waals surface area contributed by atoms with Gasteiger partial charge in [0.1, 0.15) is 6.61 Å². The first-order chi connectivity index (χ1) is 2.89. The van der Waals surface area contributed by atoms with Gasteiger partial charge in [0.15, 0.2) is 6.79 Å². The fourth-order valence-corrected chi connectivity index (χ4v) is 0.311. The topological polar surface area (TPSA) is 18.5 Å². The Labute approximate surface area is 34.9 Å². The van der Waals surface area contributed by atoms with Gasteiger partial charge in [-0.1, -0.05) is 0 Å². The average Bonchev–Trinajstić information content (AvgIpc) is 1.86. The number of hydrogen-bond acceptors (Lipinski definition) is 2. The van der Waals surface area contributed by atoms with Crippen LogP contribution in [-0.4, -0.2) is 19.8 Å². The molecule has 0 bridgehead atoms. The Morgan fingerprint density at radius 3 is 2.67 bits per heavy atom. The van der Waals surface area contributed by atoms with Crippen LogP contribution in [0.4, 0.5) is 4.39 Å². The maximum absolute atomic E-state index is 11.6. The first-order valence-electron chi connectivity index (χ1n) is 1.73.